The van der Waals surface area contributed by atoms with Crippen LogP contribution in [0.15, 0.2) is 86.1 Å². The quantitative estimate of drug-likeness (QED) is 0.209. The summed E-state index contributed by atoms with van der Waals surface area (Å²) in [6, 6.07) is 16.5. The molecule has 0 radical (unpaired) electrons. The fourth-order valence-corrected chi connectivity index (χ4v) is 5.43. The van der Waals surface area contributed by atoms with Crippen LogP contribution < -0.4 is 14.9 Å². The van der Waals surface area contributed by atoms with Crippen molar-refractivity contribution in [1.29, 1.82) is 0 Å². The van der Waals surface area contributed by atoms with Gasteiger partial charge in [0.2, 0.25) is 0 Å². The number of nitro benzene ring substituents is 1. The number of aryl methyl sites for hydroxylation is 1. The lowest BCUT2D eigenvalue weighted by Gasteiger charge is -2.24. The summed E-state index contributed by atoms with van der Waals surface area (Å²) >= 11 is 1.18. The number of esters is 1. The molecule has 0 N–H and O–H groups in total. The van der Waals surface area contributed by atoms with Crippen LogP contribution in [0.3, 0.4) is 0 Å². The maximum Gasteiger partial charge on any atom is 0.338 e. The lowest BCUT2D eigenvalue weighted by Crippen LogP contribution is -2.39. The van der Waals surface area contributed by atoms with Gasteiger partial charge in [0.25, 0.3) is 11.2 Å². The summed E-state index contributed by atoms with van der Waals surface area (Å²) in [6.07, 6.45) is 1.58. The van der Waals surface area contributed by atoms with Gasteiger partial charge in [-0.15, -0.1) is 0 Å². The number of thiazole rings is 1. The third kappa shape index (κ3) is 4.50. The number of carbonyl (C=O) groups is 1. The van der Waals surface area contributed by atoms with E-state index in [1.807, 2.05) is 31.2 Å². The van der Waals surface area contributed by atoms with E-state index in [1.54, 1.807) is 50.3 Å². The highest BCUT2D eigenvalue weighted by Crippen LogP contribution is 2.32. The van der Waals surface area contributed by atoms with Crippen LogP contribution in [0.2, 0.25) is 0 Å². The number of nitrogens with zero attached hydrogens (tertiary/aromatic N) is 3. The van der Waals surface area contributed by atoms with Crippen molar-refractivity contribution in [2.75, 3.05) is 6.61 Å². The molecule has 2 aromatic carbocycles. The first-order valence-electron chi connectivity index (χ1n) is 11.9. The van der Waals surface area contributed by atoms with Crippen LogP contribution in [0.25, 0.3) is 17.4 Å². The molecule has 1 unspecified atom stereocenters. The molecular weight excluding hydrogens is 506 g/mol. The van der Waals surface area contributed by atoms with E-state index in [-0.39, 0.29) is 17.9 Å². The fourth-order valence-electron chi connectivity index (χ4n) is 4.40. The molecule has 0 spiro atoms. The Morgan fingerprint density at radius 2 is 1.89 bits per heavy atom. The number of nitro groups is 1. The van der Waals surface area contributed by atoms with Gasteiger partial charge in [-0.05, 0) is 44.5 Å². The van der Waals surface area contributed by atoms with Crippen LogP contribution in [0.1, 0.15) is 36.8 Å². The molecular formula is C28H23N3O6S. The van der Waals surface area contributed by atoms with Gasteiger partial charge in [-0.3, -0.25) is 19.5 Å². The van der Waals surface area contributed by atoms with Crippen molar-refractivity contribution in [3.63, 3.8) is 0 Å². The first kappa shape index (κ1) is 25.1. The number of ether oxygens (including phenoxy) is 1. The highest BCUT2D eigenvalue weighted by molar-refractivity contribution is 7.07. The predicted octanol–water partition coefficient (Wildman–Crippen LogP) is 4.27. The summed E-state index contributed by atoms with van der Waals surface area (Å²) in [5, 5.41) is 11.4. The van der Waals surface area contributed by atoms with E-state index in [0.717, 1.165) is 11.1 Å². The van der Waals surface area contributed by atoms with Gasteiger partial charge in [-0.25, -0.2) is 9.79 Å². The molecule has 0 saturated carbocycles. The molecule has 0 amide bonds. The van der Waals surface area contributed by atoms with Gasteiger partial charge in [0.1, 0.15) is 11.5 Å². The molecule has 5 rings (SSSR count). The number of benzene rings is 2. The molecule has 1 aliphatic rings. The summed E-state index contributed by atoms with van der Waals surface area (Å²) in [4.78, 5) is 42.6. The SMILES string of the molecule is CCOC(=O)C1=C(C)N=c2sc(=Cc3ccc(-c4ccccc4[N+](=O)[O-])o3)c(=O)n2C1c1ccc(C)cc1. The Hall–Kier alpha value is -4.57. The number of hydrogen-bond donors (Lipinski definition) is 0. The normalized spacial score (nSPS) is 15.2. The molecule has 192 valence electrons. The van der Waals surface area contributed by atoms with Gasteiger partial charge in [0.15, 0.2) is 4.80 Å². The van der Waals surface area contributed by atoms with Gasteiger partial charge in [0.05, 0.1) is 38.9 Å². The topological polar surface area (TPSA) is 117 Å². The van der Waals surface area contributed by atoms with Crippen LogP contribution in [0.4, 0.5) is 5.69 Å². The molecule has 9 nitrogen and oxygen atoms in total. The summed E-state index contributed by atoms with van der Waals surface area (Å²) in [6.45, 7) is 5.62. The van der Waals surface area contributed by atoms with Crippen molar-refractivity contribution in [2.24, 2.45) is 4.99 Å². The minimum absolute atomic E-state index is 0.0761. The maximum atomic E-state index is 13.7. The number of allylic oxidation sites excluding steroid dienone is 1. The monoisotopic (exact) mass is 529 g/mol. The van der Waals surface area contributed by atoms with E-state index < -0.39 is 16.9 Å². The number of para-hydroxylation sites is 1. The molecule has 4 aromatic rings. The van der Waals surface area contributed by atoms with E-state index >= 15 is 0 Å². The van der Waals surface area contributed by atoms with Gasteiger partial charge >= 0.3 is 5.97 Å². The first-order chi connectivity index (χ1) is 18.3. The second kappa shape index (κ2) is 10.1. The zero-order valence-electron chi connectivity index (χ0n) is 20.8. The van der Waals surface area contributed by atoms with Crippen molar-refractivity contribution in [3.05, 3.63) is 119 Å². The van der Waals surface area contributed by atoms with Crippen molar-refractivity contribution in [3.8, 4) is 11.3 Å². The Morgan fingerprint density at radius 1 is 1.16 bits per heavy atom. The Labute approximate surface area is 220 Å². The predicted molar refractivity (Wildman–Crippen MR) is 142 cm³/mol. The molecule has 10 heteroatoms. The average molecular weight is 530 g/mol. The average Bonchev–Trinajstić information content (AvgIpc) is 3.48. The summed E-state index contributed by atoms with van der Waals surface area (Å²) < 4.78 is 13.0. The number of fused-ring (bicyclic) bond motifs is 1. The van der Waals surface area contributed by atoms with Crippen LogP contribution in [0.5, 0.6) is 0 Å². The second-order valence-electron chi connectivity index (χ2n) is 8.69. The maximum absolute atomic E-state index is 13.7. The van der Waals surface area contributed by atoms with Crippen LogP contribution in [0, 0.1) is 17.0 Å². The molecule has 0 bridgehead atoms. The first-order valence-corrected chi connectivity index (χ1v) is 12.7. The Morgan fingerprint density at radius 3 is 2.61 bits per heavy atom. The summed E-state index contributed by atoms with van der Waals surface area (Å²) in [7, 11) is 0. The molecule has 1 aliphatic heterocycles. The number of rotatable bonds is 6. The van der Waals surface area contributed by atoms with Gasteiger partial charge in [0, 0.05) is 12.1 Å². The van der Waals surface area contributed by atoms with Crippen LogP contribution in [-0.2, 0) is 9.53 Å². The van der Waals surface area contributed by atoms with E-state index in [0.29, 0.717) is 37.7 Å². The minimum atomic E-state index is -0.702. The largest absolute Gasteiger partial charge is 0.463 e. The Kier molecular flexibility index (Phi) is 6.64. The van der Waals surface area contributed by atoms with Crippen molar-refractivity contribution >= 4 is 29.1 Å². The third-order valence-corrected chi connectivity index (χ3v) is 7.16. The molecule has 3 heterocycles. The molecule has 1 atom stereocenters. The number of hydrogen-bond acceptors (Lipinski definition) is 8. The zero-order valence-corrected chi connectivity index (χ0v) is 21.7. The molecule has 0 aliphatic carbocycles. The molecule has 2 aromatic heterocycles. The molecule has 0 fully saturated rings. The van der Waals surface area contributed by atoms with Gasteiger partial charge < -0.3 is 9.15 Å². The molecule has 0 saturated heterocycles. The van der Waals surface area contributed by atoms with E-state index in [1.165, 1.54) is 22.0 Å². The minimum Gasteiger partial charge on any atom is -0.463 e. The van der Waals surface area contributed by atoms with Crippen molar-refractivity contribution in [1.82, 2.24) is 4.57 Å². The lowest BCUT2D eigenvalue weighted by molar-refractivity contribution is -0.384. The van der Waals surface area contributed by atoms with Crippen molar-refractivity contribution in [2.45, 2.75) is 26.8 Å². The highest BCUT2D eigenvalue weighted by atomic mass is 32.1. The second-order valence-corrected chi connectivity index (χ2v) is 9.70. The lowest BCUT2D eigenvalue weighted by atomic mass is 9.95. The smallest absolute Gasteiger partial charge is 0.338 e. The standard InChI is InChI=1S/C28H23N3O6S/c1-4-36-27(33)24-17(3)29-28-30(25(24)18-11-9-16(2)10-12-18)26(32)23(38-28)15-19-13-14-22(37-19)20-7-5-6-8-21(20)31(34)35/h5-15,25H,4H2,1-3H3. The van der Waals surface area contributed by atoms with E-state index in [9.17, 15) is 19.7 Å². The Bertz CT molecular complexity index is 1780. The number of aromatic nitrogens is 1. The van der Waals surface area contributed by atoms with Gasteiger partial charge in [-0.2, -0.15) is 0 Å². The van der Waals surface area contributed by atoms with Gasteiger partial charge in [-0.1, -0.05) is 53.3 Å². The third-order valence-electron chi connectivity index (χ3n) is 6.18. The van der Waals surface area contributed by atoms with Crippen LogP contribution >= 0.6 is 11.3 Å². The fraction of sp³-hybridized carbons (Fsp3) is 0.179. The number of carbonyl (C=O) groups excluding carboxylic acids is 1. The Balaban J connectivity index is 1.64. The zero-order chi connectivity index (χ0) is 27.0. The summed E-state index contributed by atoms with van der Waals surface area (Å²) in [5.41, 5.74) is 2.53. The van der Waals surface area contributed by atoms with E-state index in [4.69, 9.17) is 9.15 Å². The highest BCUT2D eigenvalue weighted by Gasteiger charge is 2.33. The van der Waals surface area contributed by atoms with Crippen molar-refractivity contribution < 1.29 is 18.9 Å². The molecule has 38 heavy (non-hydrogen) atoms. The number of furan rings is 1. The van der Waals surface area contributed by atoms with E-state index in [2.05, 4.69) is 4.99 Å². The summed E-state index contributed by atoms with van der Waals surface area (Å²) in [5.74, 6) is 0.152. The van der Waals surface area contributed by atoms with Crippen LogP contribution in [-0.4, -0.2) is 22.1 Å².